The topological polar surface area (TPSA) is 79.0 Å². The lowest BCUT2D eigenvalue weighted by Gasteiger charge is -2.13. The van der Waals surface area contributed by atoms with Crippen LogP contribution in [0.1, 0.15) is 11.3 Å². The molecule has 0 unspecified atom stereocenters. The lowest BCUT2D eigenvalue weighted by molar-refractivity contribution is 0.370. The minimum absolute atomic E-state index is 0.133. The number of phenolic OH excluding ortho intramolecular Hbond substituents is 1. The standard InChI is InChI=1S/C15H19N3O3/c1-16-15(18-10-12-6-4-8-21-12)17-9-11-5-3-7-13(20-2)14(11)19/h3-8,19H,9-10H2,1-2H3,(H2,16,17,18). The van der Waals surface area contributed by atoms with E-state index < -0.39 is 0 Å². The molecule has 1 aromatic carbocycles. The van der Waals surface area contributed by atoms with E-state index in [2.05, 4.69) is 15.6 Å². The van der Waals surface area contributed by atoms with E-state index in [1.54, 1.807) is 19.4 Å². The van der Waals surface area contributed by atoms with Gasteiger partial charge in [-0.15, -0.1) is 0 Å². The number of nitrogens with zero attached hydrogens (tertiary/aromatic N) is 1. The van der Waals surface area contributed by atoms with Gasteiger partial charge in [-0.25, -0.2) is 0 Å². The molecule has 0 radical (unpaired) electrons. The molecule has 0 bridgehead atoms. The number of furan rings is 1. The number of hydrogen-bond acceptors (Lipinski definition) is 4. The largest absolute Gasteiger partial charge is 0.504 e. The van der Waals surface area contributed by atoms with Crippen LogP contribution in [-0.2, 0) is 13.1 Å². The van der Waals surface area contributed by atoms with Crippen molar-refractivity contribution in [3.8, 4) is 11.5 Å². The summed E-state index contributed by atoms with van der Waals surface area (Å²) < 4.78 is 10.3. The van der Waals surface area contributed by atoms with E-state index in [0.29, 0.717) is 24.8 Å². The Morgan fingerprint density at radius 3 is 2.71 bits per heavy atom. The second kappa shape index (κ2) is 7.23. The van der Waals surface area contributed by atoms with Crippen LogP contribution in [0.3, 0.4) is 0 Å². The van der Waals surface area contributed by atoms with Crippen LogP contribution in [0, 0.1) is 0 Å². The third kappa shape index (κ3) is 3.92. The maximum Gasteiger partial charge on any atom is 0.191 e. The minimum atomic E-state index is 0.133. The molecule has 2 rings (SSSR count). The number of guanidine groups is 1. The molecule has 0 atom stereocenters. The second-order valence-electron chi connectivity index (χ2n) is 4.33. The first-order valence-electron chi connectivity index (χ1n) is 6.56. The Bertz CT molecular complexity index is 594. The van der Waals surface area contributed by atoms with Crippen LogP contribution in [0.15, 0.2) is 46.0 Å². The number of aromatic hydroxyl groups is 1. The zero-order chi connectivity index (χ0) is 15.1. The maximum atomic E-state index is 10.0. The van der Waals surface area contributed by atoms with Gasteiger partial charge in [-0.1, -0.05) is 12.1 Å². The fourth-order valence-electron chi connectivity index (χ4n) is 1.86. The molecular weight excluding hydrogens is 270 g/mol. The zero-order valence-corrected chi connectivity index (χ0v) is 12.1. The average Bonchev–Trinajstić information content (AvgIpc) is 3.02. The number of aliphatic imine (C=N–C) groups is 1. The molecule has 112 valence electrons. The molecule has 0 amide bonds. The summed E-state index contributed by atoms with van der Waals surface area (Å²) in [4.78, 5) is 4.11. The Morgan fingerprint density at radius 1 is 1.24 bits per heavy atom. The predicted molar refractivity (Wildman–Crippen MR) is 80.4 cm³/mol. The van der Waals surface area contributed by atoms with E-state index in [1.807, 2.05) is 24.3 Å². The molecule has 0 saturated carbocycles. The predicted octanol–water partition coefficient (Wildman–Crippen LogP) is 1.86. The molecule has 0 aliphatic rings. The summed E-state index contributed by atoms with van der Waals surface area (Å²) in [6.07, 6.45) is 1.63. The fourth-order valence-corrected chi connectivity index (χ4v) is 1.86. The summed E-state index contributed by atoms with van der Waals surface area (Å²) in [7, 11) is 3.21. The highest BCUT2D eigenvalue weighted by atomic mass is 16.5. The van der Waals surface area contributed by atoms with Crippen LogP contribution < -0.4 is 15.4 Å². The molecule has 0 saturated heterocycles. The number of para-hydroxylation sites is 1. The number of phenols is 1. The highest BCUT2D eigenvalue weighted by Crippen LogP contribution is 2.28. The van der Waals surface area contributed by atoms with Gasteiger partial charge >= 0.3 is 0 Å². The molecule has 1 heterocycles. The van der Waals surface area contributed by atoms with Gasteiger partial charge in [0.15, 0.2) is 17.5 Å². The number of rotatable bonds is 5. The monoisotopic (exact) mass is 289 g/mol. The van der Waals surface area contributed by atoms with Gasteiger partial charge in [0.2, 0.25) is 0 Å². The van der Waals surface area contributed by atoms with Crippen molar-refractivity contribution < 1.29 is 14.3 Å². The summed E-state index contributed by atoms with van der Waals surface area (Å²) in [5, 5.41) is 16.3. The molecule has 6 heteroatoms. The Kier molecular flexibility index (Phi) is 5.09. The molecule has 1 aromatic heterocycles. The van der Waals surface area contributed by atoms with Gasteiger partial charge in [0.1, 0.15) is 5.76 Å². The van der Waals surface area contributed by atoms with Crippen molar-refractivity contribution >= 4 is 5.96 Å². The van der Waals surface area contributed by atoms with Gasteiger partial charge in [-0.05, 0) is 18.2 Å². The van der Waals surface area contributed by atoms with Crippen LogP contribution in [-0.4, -0.2) is 25.2 Å². The number of ether oxygens (including phenoxy) is 1. The summed E-state index contributed by atoms with van der Waals surface area (Å²) in [6, 6.07) is 9.08. The molecule has 6 nitrogen and oxygen atoms in total. The first-order valence-corrected chi connectivity index (χ1v) is 6.56. The summed E-state index contributed by atoms with van der Waals surface area (Å²) in [6.45, 7) is 0.970. The van der Waals surface area contributed by atoms with E-state index in [4.69, 9.17) is 9.15 Å². The average molecular weight is 289 g/mol. The van der Waals surface area contributed by atoms with Crippen LogP contribution in [0.25, 0.3) is 0 Å². The smallest absolute Gasteiger partial charge is 0.191 e. The SMILES string of the molecule is CN=C(NCc1ccco1)NCc1cccc(OC)c1O. The van der Waals surface area contributed by atoms with Gasteiger partial charge in [-0.2, -0.15) is 0 Å². The van der Waals surface area contributed by atoms with Crippen LogP contribution in [0.2, 0.25) is 0 Å². The van der Waals surface area contributed by atoms with E-state index in [0.717, 1.165) is 11.3 Å². The summed E-state index contributed by atoms with van der Waals surface area (Å²) in [5.41, 5.74) is 0.732. The van der Waals surface area contributed by atoms with Crippen LogP contribution >= 0.6 is 0 Å². The number of methoxy groups -OCH3 is 1. The lowest BCUT2D eigenvalue weighted by atomic mass is 10.2. The van der Waals surface area contributed by atoms with Gasteiger partial charge in [0, 0.05) is 19.2 Å². The minimum Gasteiger partial charge on any atom is -0.504 e. The summed E-state index contributed by atoms with van der Waals surface area (Å²) in [5.74, 6) is 2.03. The van der Waals surface area contributed by atoms with E-state index in [9.17, 15) is 5.11 Å². The van der Waals surface area contributed by atoms with Crippen molar-refractivity contribution in [3.63, 3.8) is 0 Å². The number of hydrogen-bond donors (Lipinski definition) is 3. The first-order chi connectivity index (χ1) is 10.2. The maximum absolute atomic E-state index is 10.0. The van der Waals surface area contributed by atoms with Gasteiger partial charge in [0.05, 0.1) is 19.9 Å². The first kappa shape index (κ1) is 14.8. The normalized spacial score (nSPS) is 11.2. The molecule has 21 heavy (non-hydrogen) atoms. The molecule has 0 spiro atoms. The fraction of sp³-hybridized carbons (Fsp3) is 0.267. The Labute approximate surface area is 123 Å². The third-order valence-corrected chi connectivity index (χ3v) is 2.98. The Hall–Kier alpha value is -2.63. The van der Waals surface area contributed by atoms with Crippen LogP contribution in [0.4, 0.5) is 0 Å². The summed E-state index contributed by atoms with van der Waals surface area (Å²) >= 11 is 0. The van der Waals surface area contributed by atoms with Crippen molar-refractivity contribution in [2.24, 2.45) is 4.99 Å². The molecule has 0 fully saturated rings. The van der Waals surface area contributed by atoms with Crippen molar-refractivity contribution in [1.82, 2.24) is 10.6 Å². The highest BCUT2D eigenvalue weighted by Gasteiger charge is 2.08. The quantitative estimate of drug-likeness (QED) is 0.578. The molecule has 0 aliphatic heterocycles. The van der Waals surface area contributed by atoms with Gasteiger partial charge in [0.25, 0.3) is 0 Å². The molecule has 3 N–H and O–H groups in total. The Morgan fingerprint density at radius 2 is 2.05 bits per heavy atom. The second-order valence-corrected chi connectivity index (χ2v) is 4.33. The molecule has 2 aromatic rings. The van der Waals surface area contributed by atoms with Crippen molar-refractivity contribution in [3.05, 3.63) is 47.9 Å². The molecule has 0 aliphatic carbocycles. The third-order valence-electron chi connectivity index (χ3n) is 2.98. The number of benzene rings is 1. The van der Waals surface area contributed by atoms with Crippen molar-refractivity contribution in [1.29, 1.82) is 0 Å². The van der Waals surface area contributed by atoms with E-state index >= 15 is 0 Å². The Balaban J connectivity index is 1.91. The molecular formula is C15H19N3O3. The lowest BCUT2D eigenvalue weighted by Crippen LogP contribution is -2.36. The number of nitrogens with one attached hydrogen (secondary N) is 2. The van der Waals surface area contributed by atoms with Gasteiger partial charge < -0.3 is 24.9 Å². The van der Waals surface area contributed by atoms with Gasteiger partial charge in [-0.3, -0.25) is 4.99 Å². The van der Waals surface area contributed by atoms with E-state index in [1.165, 1.54) is 7.11 Å². The van der Waals surface area contributed by atoms with E-state index in [-0.39, 0.29) is 5.75 Å². The zero-order valence-electron chi connectivity index (χ0n) is 12.1. The highest BCUT2D eigenvalue weighted by molar-refractivity contribution is 5.79. The van der Waals surface area contributed by atoms with Crippen LogP contribution in [0.5, 0.6) is 11.5 Å². The van der Waals surface area contributed by atoms with Crippen molar-refractivity contribution in [2.75, 3.05) is 14.2 Å². The van der Waals surface area contributed by atoms with Crippen molar-refractivity contribution in [2.45, 2.75) is 13.1 Å².